The summed E-state index contributed by atoms with van der Waals surface area (Å²) in [5, 5.41) is 7.92. The van der Waals surface area contributed by atoms with Crippen LogP contribution >= 0.6 is 35.3 Å². The Balaban J connectivity index is 0.00000300. The van der Waals surface area contributed by atoms with Crippen molar-refractivity contribution in [2.45, 2.75) is 38.5 Å². The molecule has 2 N–H and O–H groups in total. The molecule has 8 heteroatoms. The van der Waals surface area contributed by atoms with E-state index < -0.39 is 0 Å². The highest BCUT2D eigenvalue weighted by Gasteiger charge is 2.14. The van der Waals surface area contributed by atoms with Crippen molar-refractivity contribution in [3.8, 4) is 11.5 Å². The van der Waals surface area contributed by atoms with E-state index in [4.69, 9.17) is 14.5 Å². The molecule has 1 aromatic heterocycles. The van der Waals surface area contributed by atoms with Gasteiger partial charge in [-0.2, -0.15) is 0 Å². The van der Waals surface area contributed by atoms with Crippen LogP contribution < -0.4 is 20.1 Å². The summed E-state index contributed by atoms with van der Waals surface area (Å²) in [5.74, 6) is 2.46. The first-order valence-electron chi connectivity index (χ1n) is 9.97. The van der Waals surface area contributed by atoms with E-state index >= 15 is 0 Å². The van der Waals surface area contributed by atoms with Gasteiger partial charge in [0.15, 0.2) is 5.96 Å². The number of nitrogens with zero attached hydrogens (tertiary/aromatic N) is 2. The third-order valence-electron chi connectivity index (χ3n) is 4.70. The maximum Gasteiger partial charge on any atom is 0.191 e. The van der Waals surface area contributed by atoms with Crippen molar-refractivity contribution in [1.29, 1.82) is 0 Å². The fourth-order valence-electron chi connectivity index (χ4n) is 3.19. The number of aromatic nitrogens is 1. The Kier molecular flexibility index (Phi) is 10.5. The molecule has 0 saturated carbocycles. The van der Waals surface area contributed by atoms with Gasteiger partial charge in [0.1, 0.15) is 18.1 Å². The molecule has 1 aliphatic rings. The number of rotatable bonds is 9. The van der Waals surface area contributed by atoms with Gasteiger partial charge in [-0.3, -0.25) is 4.99 Å². The van der Waals surface area contributed by atoms with Crippen LogP contribution in [-0.4, -0.2) is 44.8 Å². The molecule has 6 nitrogen and oxygen atoms in total. The molecule has 0 bridgehead atoms. The molecule has 1 aromatic carbocycles. The molecule has 0 saturated heterocycles. The Hall–Kier alpha value is -1.55. The van der Waals surface area contributed by atoms with E-state index in [9.17, 15) is 0 Å². The van der Waals surface area contributed by atoms with E-state index in [0.29, 0.717) is 13.2 Å². The number of nitrogens with one attached hydrogen (secondary N) is 2. The summed E-state index contributed by atoms with van der Waals surface area (Å²) in [4.78, 5) is 10.6. The molecule has 29 heavy (non-hydrogen) atoms. The van der Waals surface area contributed by atoms with Crippen LogP contribution in [0.3, 0.4) is 0 Å². The van der Waals surface area contributed by atoms with Crippen molar-refractivity contribution >= 4 is 41.3 Å². The molecule has 0 unspecified atom stereocenters. The van der Waals surface area contributed by atoms with Gasteiger partial charge in [-0.05, 0) is 56.4 Å². The molecule has 0 amide bonds. The van der Waals surface area contributed by atoms with E-state index in [-0.39, 0.29) is 24.0 Å². The molecule has 0 radical (unpaired) electrons. The van der Waals surface area contributed by atoms with Crippen LogP contribution in [-0.2, 0) is 19.3 Å². The number of aryl methyl sites for hydroxylation is 3. The Morgan fingerprint density at radius 1 is 1.10 bits per heavy atom. The molecule has 0 atom stereocenters. The lowest BCUT2D eigenvalue weighted by Gasteiger charge is -2.12. The maximum absolute atomic E-state index is 5.72. The summed E-state index contributed by atoms with van der Waals surface area (Å²) in [6.07, 6.45) is 7.08. The zero-order valence-corrected chi connectivity index (χ0v) is 20.3. The molecule has 1 aliphatic carbocycles. The molecule has 3 rings (SSSR count). The van der Waals surface area contributed by atoms with Gasteiger partial charge in [-0.25, -0.2) is 4.98 Å². The first-order chi connectivity index (χ1) is 13.8. The normalized spacial score (nSPS) is 13.2. The average Bonchev–Trinajstić information content (AvgIpc) is 3.16. The molecule has 0 aliphatic heterocycles. The van der Waals surface area contributed by atoms with E-state index in [2.05, 4.69) is 15.6 Å². The van der Waals surface area contributed by atoms with Crippen LogP contribution in [0.2, 0.25) is 0 Å². The van der Waals surface area contributed by atoms with Crippen molar-refractivity contribution in [1.82, 2.24) is 15.6 Å². The lowest BCUT2D eigenvalue weighted by atomic mass is 10.0. The number of methoxy groups -OCH3 is 1. The molecule has 2 aromatic rings. The minimum Gasteiger partial charge on any atom is -0.497 e. The van der Waals surface area contributed by atoms with Crippen molar-refractivity contribution in [3.63, 3.8) is 0 Å². The smallest absolute Gasteiger partial charge is 0.191 e. The molecule has 0 fully saturated rings. The van der Waals surface area contributed by atoms with Gasteiger partial charge in [-0.1, -0.05) is 0 Å². The number of aliphatic imine (C=N–C) groups is 1. The zero-order chi connectivity index (χ0) is 19.6. The quantitative estimate of drug-likeness (QED) is 0.223. The van der Waals surface area contributed by atoms with Crippen molar-refractivity contribution in [2.75, 3.05) is 33.9 Å². The van der Waals surface area contributed by atoms with Crippen LogP contribution in [0.5, 0.6) is 11.5 Å². The highest BCUT2D eigenvalue weighted by molar-refractivity contribution is 14.0. The molecule has 0 spiro atoms. The third-order valence-corrected chi connectivity index (χ3v) is 5.91. The van der Waals surface area contributed by atoms with E-state index in [1.165, 1.54) is 41.3 Å². The van der Waals surface area contributed by atoms with E-state index in [0.717, 1.165) is 36.8 Å². The second kappa shape index (κ2) is 12.9. The minimum atomic E-state index is 0. The Bertz CT molecular complexity index is 741. The molecular formula is C21H31IN4O2S. The summed E-state index contributed by atoms with van der Waals surface area (Å²) < 4.78 is 10.9. The van der Waals surface area contributed by atoms with Crippen molar-refractivity contribution < 1.29 is 9.47 Å². The highest BCUT2D eigenvalue weighted by Crippen LogP contribution is 2.27. The summed E-state index contributed by atoms with van der Waals surface area (Å²) in [6.45, 7) is 2.13. The van der Waals surface area contributed by atoms with Crippen LogP contribution in [0.1, 0.15) is 34.8 Å². The number of guanidine groups is 1. The topological polar surface area (TPSA) is 67.8 Å². The predicted octanol–water partition coefficient (Wildman–Crippen LogP) is 3.83. The molecule has 1 heterocycles. The first-order valence-corrected chi connectivity index (χ1v) is 10.8. The monoisotopic (exact) mass is 530 g/mol. The second-order valence-electron chi connectivity index (χ2n) is 6.74. The van der Waals surface area contributed by atoms with Gasteiger partial charge in [0, 0.05) is 24.9 Å². The fraction of sp³-hybridized carbons (Fsp3) is 0.524. The van der Waals surface area contributed by atoms with Crippen LogP contribution in [0.25, 0.3) is 0 Å². The predicted molar refractivity (Wildman–Crippen MR) is 130 cm³/mol. The number of hydrogen-bond acceptors (Lipinski definition) is 5. The van der Waals surface area contributed by atoms with Crippen LogP contribution in [0, 0.1) is 0 Å². The third kappa shape index (κ3) is 7.65. The van der Waals surface area contributed by atoms with Gasteiger partial charge in [-0.15, -0.1) is 35.3 Å². The summed E-state index contributed by atoms with van der Waals surface area (Å²) in [7, 11) is 3.44. The van der Waals surface area contributed by atoms with Crippen LogP contribution in [0.15, 0.2) is 29.3 Å². The molecular weight excluding hydrogens is 499 g/mol. The van der Waals surface area contributed by atoms with Crippen LogP contribution in [0.4, 0.5) is 0 Å². The SMILES string of the molecule is CN=C(NCCCc1nc2c(s1)CCCC2)NCCOc1ccc(OC)cc1.I. The number of ether oxygens (including phenoxy) is 2. The summed E-state index contributed by atoms with van der Waals surface area (Å²) >= 11 is 1.91. The highest BCUT2D eigenvalue weighted by atomic mass is 127. The zero-order valence-electron chi connectivity index (χ0n) is 17.2. The van der Waals surface area contributed by atoms with E-state index in [1.54, 1.807) is 14.2 Å². The lowest BCUT2D eigenvalue weighted by molar-refractivity contribution is 0.321. The van der Waals surface area contributed by atoms with Crippen molar-refractivity contribution in [2.24, 2.45) is 4.99 Å². The number of halogens is 1. The minimum absolute atomic E-state index is 0. The summed E-state index contributed by atoms with van der Waals surface area (Å²) in [5.41, 5.74) is 1.36. The average molecular weight is 530 g/mol. The largest absolute Gasteiger partial charge is 0.497 e. The molecule has 160 valence electrons. The number of hydrogen-bond donors (Lipinski definition) is 2. The summed E-state index contributed by atoms with van der Waals surface area (Å²) in [6, 6.07) is 7.59. The standard InChI is InChI=1S/C21H30N4O2S.HI/c1-22-21(24-14-15-27-17-11-9-16(26-2)10-12-17)23-13-5-8-20-25-18-6-3-4-7-19(18)28-20;/h9-12H,3-8,13-15H2,1-2H3,(H2,22,23,24);1H. The Morgan fingerprint density at radius 2 is 1.83 bits per heavy atom. The van der Waals surface area contributed by atoms with Gasteiger partial charge < -0.3 is 20.1 Å². The lowest BCUT2D eigenvalue weighted by Crippen LogP contribution is -2.39. The number of fused-ring (bicyclic) bond motifs is 1. The first kappa shape index (κ1) is 23.7. The van der Waals surface area contributed by atoms with Gasteiger partial charge in [0.25, 0.3) is 0 Å². The number of benzene rings is 1. The Morgan fingerprint density at radius 3 is 2.55 bits per heavy atom. The number of thiazole rings is 1. The van der Waals surface area contributed by atoms with Gasteiger partial charge >= 0.3 is 0 Å². The van der Waals surface area contributed by atoms with Gasteiger partial charge in [0.2, 0.25) is 0 Å². The maximum atomic E-state index is 5.72. The van der Waals surface area contributed by atoms with Crippen molar-refractivity contribution in [3.05, 3.63) is 39.8 Å². The Labute approximate surface area is 194 Å². The van der Waals surface area contributed by atoms with Gasteiger partial charge in [0.05, 0.1) is 24.4 Å². The fourth-order valence-corrected chi connectivity index (χ4v) is 4.39. The second-order valence-corrected chi connectivity index (χ2v) is 7.91. The van der Waals surface area contributed by atoms with E-state index in [1.807, 2.05) is 35.6 Å².